The second kappa shape index (κ2) is 25.2. The van der Waals surface area contributed by atoms with Gasteiger partial charge < -0.3 is 9.47 Å². The van der Waals surface area contributed by atoms with Crippen LogP contribution in [0, 0.1) is 0 Å². The SMILES string of the molecule is O=C(CBr)OCCCCCCCCCCCCCCCCCCCCOC(=O)CBr. The fraction of sp³-hybridized carbons (Fsp3) is 0.917. The Labute approximate surface area is 201 Å². The number of ether oxygens (including phenoxy) is 2. The number of rotatable bonds is 23. The molecule has 0 radical (unpaired) electrons. The number of carbonyl (C=O) groups excluding carboxylic acids is 2. The first kappa shape index (κ1) is 29.9. The number of alkyl halides is 2. The van der Waals surface area contributed by atoms with E-state index in [-0.39, 0.29) is 11.9 Å². The van der Waals surface area contributed by atoms with E-state index < -0.39 is 0 Å². The number of hydrogen-bond acceptors (Lipinski definition) is 4. The van der Waals surface area contributed by atoms with Crippen LogP contribution >= 0.6 is 31.9 Å². The molecule has 0 saturated carbocycles. The third-order valence-corrected chi connectivity index (χ3v) is 6.20. The van der Waals surface area contributed by atoms with Gasteiger partial charge in [-0.15, -0.1) is 0 Å². The van der Waals surface area contributed by atoms with Gasteiger partial charge >= 0.3 is 11.9 Å². The standard InChI is InChI=1S/C24H44Br2O4/c25-21-23(27)29-19-17-15-13-11-9-7-5-3-1-2-4-6-8-10-12-14-16-18-20-30-24(28)22-26/h1-22H2. The Morgan fingerprint density at radius 2 is 0.600 bits per heavy atom. The third kappa shape index (κ3) is 24.2. The Morgan fingerprint density at radius 3 is 0.800 bits per heavy atom. The third-order valence-electron chi connectivity index (χ3n) is 5.28. The number of unbranched alkanes of at least 4 members (excludes halogenated alkanes) is 17. The van der Waals surface area contributed by atoms with Crippen LogP contribution in [-0.2, 0) is 19.1 Å². The van der Waals surface area contributed by atoms with E-state index in [0.29, 0.717) is 23.9 Å². The van der Waals surface area contributed by atoms with Crippen molar-refractivity contribution in [2.45, 2.75) is 116 Å². The Morgan fingerprint density at radius 1 is 0.400 bits per heavy atom. The van der Waals surface area contributed by atoms with E-state index in [4.69, 9.17) is 9.47 Å². The van der Waals surface area contributed by atoms with Gasteiger partial charge in [-0.3, -0.25) is 9.59 Å². The summed E-state index contributed by atoms with van der Waals surface area (Å²) >= 11 is 6.18. The summed E-state index contributed by atoms with van der Waals surface area (Å²) in [5, 5.41) is 0.598. The van der Waals surface area contributed by atoms with E-state index in [1.54, 1.807) is 0 Å². The molecule has 0 amide bonds. The molecule has 0 aromatic carbocycles. The number of halogens is 2. The summed E-state index contributed by atoms with van der Waals surface area (Å²) in [6.45, 7) is 1.14. The van der Waals surface area contributed by atoms with Crippen molar-refractivity contribution in [2.75, 3.05) is 23.9 Å². The molecule has 0 rings (SSSR count). The lowest BCUT2D eigenvalue weighted by Crippen LogP contribution is -2.06. The van der Waals surface area contributed by atoms with Gasteiger partial charge in [-0.1, -0.05) is 135 Å². The van der Waals surface area contributed by atoms with Crippen LogP contribution in [-0.4, -0.2) is 35.8 Å². The fourth-order valence-electron chi connectivity index (χ4n) is 3.48. The molecule has 0 aromatic heterocycles. The van der Waals surface area contributed by atoms with E-state index in [1.165, 1.54) is 103 Å². The molecule has 0 spiro atoms. The normalized spacial score (nSPS) is 10.9. The first-order chi connectivity index (χ1) is 14.7. The molecule has 0 heterocycles. The van der Waals surface area contributed by atoms with E-state index in [0.717, 1.165) is 12.8 Å². The van der Waals surface area contributed by atoms with Crippen LogP contribution in [0.5, 0.6) is 0 Å². The van der Waals surface area contributed by atoms with Gasteiger partial charge in [-0.05, 0) is 12.8 Å². The molecule has 0 saturated heterocycles. The van der Waals surface area contributed by atoms with Crippen LogP contribution in [0.25, 0.3) is 0 Å². The Balaban J connectivity index is 3.05. The van der Waals surface area contributed by atoms with Gasteiger partial charge in [0.2, 0.25) is 0 Å². The number of carbonyl (C=O) groups is 2. The largest absolute Gasteiger partial charge is 0.465 e. The second-order valence-corrected chi connectivity index (χ2v) is 9.19. The molecule has 0 aliphatic heterocycles. The van der Waals surface area contributed by atoms with E-state index in [2.05, 4.69) is 31.9 Å². The van der Waals surface area contributed by atoms with Gasteiger partial charge in [0, 0.05) is 0 Å². The molecule has 0 aliphatic rings. The van der Waals surface area contributed by atoms with Gasteiger partial charge in [0.15, 0.2) is 0 Å². The summed E-state index contributed by atoms with van der Waals surface area (Å²) in [7, 11) is 0. The zero-order chi connectivity index (χ0) is 22.1. The molecule has 0 unspecified atom stereocenters. The van der Waals surface area contributed by atoms with Crippen molar-refractivity contribution in [2.24, 2.45) is 0 Å². The predicted octanol–water partition coefficient (Wildman–Crippen LogP) is 7.88. The minimum atomic E-state index is -0.159. The molecule has 0 N–H and O–H groups in total. The van der Waals surface area contributed by atoms with Crippen LogP contribution < -0.4 is 0 Å². The highest BCUT2D eigenvalue weighted by atomic mass is 79.9. The quantitative estimate of drug-likeness (QED) is 0.0730. The van der Waals surface area contributed by atoms with Crippen molar-refractivity contribution in [3.63, 3.8) is 0 Å². The van der Waals surface area contributed by atoms with Gasteiger partial charge in [-0.25, -0.2) is 0 Å². The lowest BCUT2D eigenvalue weighted by Gasteiger charge is -2.05. The van der Waals surface area contributed by atoms with Gasteiger partial charge in [0.1, 0.15) is 10.7 Å². The average Bonchev–Trinajstić information content (AvgIpc) is 2.76. The molecule has 0 aromatic rings. The molecule has 178 valence electrons. The van der Waals surface area contributed by atoms with Crippen molar-refractivity contribution in [1.29, 1.82) is 0 Å². The second-order valence-electron chi connectivity index (χ2n) is 8.07. The first-order valence-corrected chi connectivity index (χ1v) is 14.4. The summed E-state index contributed by atoms with van der Waals surface area (Å²) in [4.78, 5) is 21.9. The first-order valence-electron chi connectivity index (χ1n) is 12.1. The zero-order valence-electron chi connectivity index (χ0n) is 18.9. The lowest BCUT2D eigenvalue weighted by atomic mass is 10.0. The highest BCUT2D eigenvalue weighted by Gasteiger charge is 1.99. The smallest absolute Gasteiger partial charge is 0.316 e. The number of hydrogen-bond donors (Lipinski definition) is 0. The van der Waals surface area contributed by atoms with Gasteiger partial charge in [0.25, 0.3) is 0 Å². The molecule has 6 heteroatoms. The van der Waals surface area contributed by atoms with Crippen LogP contribution in [0.4, 0.5) is 0 Å². The molecular weight excluding hydrogens is 512 g/mol. The summed E-state index contributed by atoms with van der Waals surface area (Å²) < 4.78 is 10.1. The Kier molecular flexibility index (Phi) is 25.1. The summed E-state index contributed by atoms with van der Waals surface area (Å²) in [5.74, 6) is -0.317. The van der Waals surface area contributed by atoms with Gasteiger partial charge in [0.05, 0.1) is 13.2 Å². The fourth-order valence-corrected chi connectivity index (χ4v) is 3.81. The van der Waals surface area contributed by atoms with Crippen molar-refractivity contribution in [3.05, 3.63) is 0 Å². The highest BCUT2D eigenvalue weighted by molar-refractivity contribution is 9.09. The Hall–Kier alpha value is -0.100. The molecule has 4 nitrogen and oxygen atoms in total. The summed E-state index contributed by atoms with van der Waals surface area (Å²) in [6, 6.07) is 0. The predicted molar refractivity (Wildman–Crippen MR) is 133 cm³/mol. The maximum Gasteiger partial charge on any atom is 0.316 e. The topological polar surface area (TPSA) is 52.6 Å². The molecule has 0 aliphatic carbocycles. The van der Waals surface area contributed by atoms with Gasteiger partial charge in [-0.2, -0.15) is 0 Å². The molecule has 30 heavy (non-hydrogen) atoms. The average molecular weight is 556 g/mol. The molecule has 0 atom stereocenters. The summed E-state index contributed by atoms with van der Waals surface area (Å²) in [6.07, 6.45) is 23.2. The monoisotopic (exact) mass is 554 g/mol. The lowest BCUT2D eigenvalue weighted by molar-refractivity contribution is -0.141. The highest BCUT2D eigenvalue weighted by Crippen LogP contribution is 2.14. The minimum absolute atomic E-state index is 0.159. The van der Waals surface area contributed by atoms with Crippen LogP contribution in [0.1, 0.15) is 116 Å². The van der Waals surface area contributed by atoms with Crippen molar-refractivity contribution in [1.82, 2.24) is 0 Å². The molecular formula is C24H44Br2O4. The van der Waals surface area contributed by atoms with Crippen molar-refractivity contribution < 1.29 is 19.1 Å². The van der Waals surface area contributed by atoms with E-state index >= 15 is 0 Å². The zero-order valence-corrected chi connectivity index (χ0v) is 22.1. The van der Waals surface area contributed by atoms with E-state index in [1.807, 2.05) is 0 Å². The molecule has 0 fully saturated rings. The van der Waals surface area contributed by atoms with E-state index in [9.17, 15) is 9.59 Å². The molecule has 0 bridgehead atoms. The number of esters is 2. The maximum atomic E-state index is 11.0. The van der Waals surface area contributed by atoms with Crippen LogP contribution in [0.3, 0.4) is 0 Å². The maximum absolute atomic E-state index is 11.0. The van der Waals surface area contributed by atoms with Crippen LogP contribution in [0.2, 0.25) is 0 Å². The van der Waals surface area contributed by atoms with Crippen molar-refractivity contribution in [3.8, 4) is 0 Å². The minimum Gasteiger partial charge on any atom is -0.465 e. The Bertz CT molecular complexity index is 355. The summed E-state index contributed by atoms with van der Waals surface area (Å²) in [5.41, 5.74) is 0. The van der Waals surface area contributed by atoms with Crippen molar-refractivity contribution >= 4 is 43.8 Å². The van der Waals surface area contributed by atoms with Crippen LogP contribution in [0.15, 0.2) is 0 Å².